The van der Waals surface area contributed by atoms with Gasteiger partial charge in [-0.1, -0.05) is 6.07 Å². The van der Waals surface area contributed by atoms with E-state index in [0.29, 0.717) is 4.47 Å². The van der Waals surface area contributed by atoms with Gasteiger partial charge in [0.25, 0.3) is 5.88 Å². The van der Waals surface area contributed by atoms with Crippen LogP contribution >= 0.6 is 15.9 Å². The molecule has 1 aromatic carbocycles. The first-order valence-corrected chi connectivity index (χ1v) is 5.79. The third kappa shape index (κ3) is 2.87. The zero-order valence-corrected chi connectivity index (χ0v) is 10.8. The molecule has 0 atom stereocenters. The van der Waals surface area contributed by atoms with E-state index in [4.69, 9.17) is 9.84 Å². The van der Waals surface area contributed by atoms with Crippen molar-refractivity contribution < 1.29 is 23.4 Å². The molecule has 0 aliphatic heterocycles. The van der Waals surface area contributed by atoms with Gasteiger partial charge in [0.05, 0.1) is 0 Å². The summed E-state index contributed by atoms with van der Waals surface area (Å²) < 4.78 is 32.3. The van der Waals surface area contributed by atoms with E-state index >= 15 is 0 Å². The Morgan fingerprint density at radius 3 is 2.68 bits per heavy atom. The molecule has 19 heavy (non-hydrogen) atoms. The predicted molar refractivity (Wildman–Crippen MR) is 65.3 cm³/mol. The Morgan fingerprint density at radius 1 is 1.32 bits per heavy atom. The van der Waals surface area contributed by atoms with Crippen LogP contribution in [0.5, 0.6) is 11.6 Å². The van der Waals surface area contributed by atoms with E-state index < -0.39 is 29.0 Å². The van der Waals surface area contributed by atoms with E-state index in [1.807, 2.05) is 0 Å². The van der Waals surface area contributed by atoms with Crippen LogP contribution in [0, 0.1) is 11.6 Å². The van der Waals surface area contributed by atoms with Gasteiger partial charge in [-0.15, -0.1) is 0 Å². The van der Waals surface area contributed by atoms with Crippen LogP contribution in [0.3, 0.4) is 0 Å². The van der Waals surface area contributed by atoms with Gasteiger partial charge < -0.3 is 9.84 Å². The minimum Gasteiger partial charge on any atom is -0.477 e. The maximum Gasteiger partial charge on any atom is 0.342 e. The lowest BCUT2D eigenvalue weighted by Crippen LogP contribution is -2.04. The van der Waals surface area contributed by atoms with Crippen LogP contribution in [0.2, 0.25) is 0 Å². The second-order valence-corrected chi connectivity index (χ2v) is 4.38. The largest absolute Gasteiger partial charge is 0.477 e. The predicted octanol–water partition coefficient (Wildman–Crippen LogP) is 3.61. The number of aromatic nitrogens is 1. The number of aromatic carboxylic acids is 1. The van der Waals surface area contributed by atoms with Gasteiger partial charge in [0.1, 0.15) is 17.1 Å². The number of carboxylic acids is 1. The van der Waals surface area contributed by atoms with Crippen LogP contribution in [0.1, 0.15) is 10.4 Å². The molecule has 0 bridgehead atoms. The maximum atomic E-state index is 13.5. The smallest absolute Gasteiger partial charge is 0.342 e. The molecule has 0 spiro atoms. The van der Waals surface area contributed by atoms with Crippen LogP contribution in [0.25, 0.3) is 0 Å². The molecule has 0 fully saturated rings. The number of rotatable bonds is 3. The Bertz CT molecular complexity index is 649. The van der Waals surface area contributed by atoms with Crippen LogP contribution in [0.15, 0.2) is 34.9 Å². The summed E-state index contributed by atoms with van der Waals surface area (Å²) in [7, 11) is 0. The first-order chi connectivity index (χ1) is 8.99. The summed E-state index contributed by atoms with van der Waals surface area (Å²) in [6.45, 7) is 0. The molecule has 0 aliphatic rings. The Hall–Kier alpha value is -2.02. The third-order valence-electron chi connectivity index (χ3n) is 2.17. The van der Waals surface area contributed by atoms with Crippen LogP contribution in [-0.2, 0) is 0 Å². The minimum atomic E-state index is -1.51. The number of benzene rings is 1. The van der Waals surface area contributed by atoms with E-state index in [9.17, 15) is 13.6 Å². The summed E-state index contributed by atoms with van der Waals surface area (Å²) in [5.74, 6) is -4.03. The lowest BCUT2D eigenvalue weighted by Gasteiger charge is -2.09. The summed E-state index contributed by atoms with van der Waals surface area (Å²) in [5.41, 5.74) is -0.674. The molecule has 0 saturated heterocycles. The molecule has 1 aromatic heterocycles. The van der Waals surface area contributed by atoms with Crippen molar-refractivity contribution in [2.75, 3.05) is 0 Å². The molecule has 7 heteroatoms. The average molecular weight is 330 g/mol. The molecule has 98 valence electrons. The highest BCUT2D eigenvalue weighted by atomic mass is 79.9. The number of ether oxygens (including phenoxy) is 1. The van der Waals surface area contributed by atoms with Crippen molar-refractivity contribution in [3.05, 3.63) is 52.1 Å². The van der Waals surface area contributed by atoms with Crippen molar-refractivity contribution in [2.45, 2.75) is 0 Å². The third-order valence-corrected chi connectivity index (χ3v) is 2.60. The van der Waals surface area contributed by atoms with Gasteiger partial charge in [-0.3, -0.25) is 0 Å². The topological polar surface area (TPSA) is 59.4 Å². The summed E-state index contributed by atoms with van der Waals surface area (Å²) in [6, 6.07) is 4.55. The van der Waals surface area contributed by atoms with E-state index in [1.54, 1.807) is 0 Å². The Balaban J connectivity index is 2.44. The molecular weight excluding hydrogens is 324 g/mol. The van der Waals surface area contributed by atoms with Crippen LogP contribution < -0.4 is 4.74 Å². The molecule has 2 rings (SSSR count). The molecule has 1 N–H and O–H groups in total. The van der Waals surface area contributed by atoms with Gasteiger partial charge in [-0.2, -0.15) is 0 Å². The quantitative estimate of drug-likeness (QED) is 0.934. The van der Waals surface area contributed by atoms with Crippen molar-refractivity contribution >= 4 is 21.9 Å². The Labute approximate surface area is 114 Å². The number of pyridine rings is 1. The van der Waals surface area contributed by atoms with Gasteiger partial charge >= 0.3 is 5.97 Å². The molecule has 1 heterocycles. The van der Waals surface area contributed by atoms with E-state index in [-0.39, 0.29) is 5.75 Å². The van der Waals surface area contributed by atoms with Crippen molar-refractivity contribution in [1.82, 2.24) is 4.98 Å². The van der Waals surface area contributed by atoms with Gasteiger partial charge in [0.2, 0.25) is 0 Å². The molecule has 0 radical (unpaired) electrons. The normalized spacial score (nSPS) is 10.3. The zero-order chi connectivity index (χ0) is 14.0. The SMILES string of the molecule is O=C(O)c1c(F)cccc1Oc1ncc(Br)cc1F. The van der Waals surface area contributed by atoms with E-state index in [1.165, 1.54) is 18.3 Å². The van der Waals surface area contributed by atoms with Crippen molar-refractivity contribution in [3.63, 3.8) is 0 Å². The van der Waals surface area contributed by atoms with Crippen molar-refractivity contribution in [1.29, 1.82) is 0 Å². The second-order valence-electron chi connectivity index (χ2n) is 3.46. The standard InChI is InChI=1S/C12H6BrF2NO3/c13-6-4-8(15)11(16-5-6)19-9-3-1-2-7(14)10(9)12(17)18/h1-5H,(H,17,18). The van der Waals surface area contributed by atoms with Crippen LogP contribution in [0.4, 0.5) is 8.78 Å². The molecule has 4 nitrogen and oxygen atoms in total. The minimum absolute atomic E-state index is 0.318. The molecule has 0 saturated carbocycles. The summed E-state index contributed by atoms with van der Waals surface area (Å²) in [6.07, 6.45) is 1.28. The highest BCUT2D eigenvalue weighted by Gasteiger charge is 2.19. The first-order valence-electron chi connectivity index (χ1n) is 4.99. The number of hydrogen-bond donors (Lipinski definition) is 1. The summed E-state index contributed by atoms with van der Waals surface area (Å²) in [5, 5.41) is 8.90. The Morgan fingerprint density at radius 2 is 2.05 bits per heavy atom. The highest BCUT2D eigenvalue weighted by Crippen LogP contribution is 2.28. The molecule has 2 aromatic rings. The monoisotopic (exact) mass is 329 g/mol. The number of hydrogen-bond acceptors (Lipinski definition) is 3. The fraction of sp³-hybridized carbons (Fsp3) is 0. The lowest BCUT2D eigenvalue weighted by atomic mass is 10.2. The molecule has 0 unspecified atom stereocenters. The molecule has 0 aliphatic carbocycles. The first kappa shape index (κ1) is 13.4. The summed E-state index contributed by atoms with van der Waals surface area (Å²) >= 11 is 3.02. The number of carbonyl (C=O) groups is 1. The van der Waals surface area contributed by atoms with Crippen molar-refractivity contribution in [2.24, 2.45) is 0 Å². The van der Waals surface area contributed by atoms with Gasteiger partial charge in [0.15, 0.2) is 5.82 Å². The second kappa shape index (κ2) is 5.31. The molecule has 0 amide bonds. The van der Waals surface area contributed by atoms with Crippen molar-refractivity contribution in [3.8, 4) is 11.6 Å². The van der Waals surface area contributed by atoms with Gasteiger partial charge in [-0.25, -0.2) is 18.6 Å². The van der Waals surface area contributed by atoms with E-state index in [0.717, 1.165) is 12.1 Å². The fourth-order valence-corrected chi connectivity index (χ4v) is 1.68. The van der Waals surface area contributed by atoms with E-state index in [2.05, 4.69) is 20.9 Å². The lowest BCUT2D eigenvalue weighted by molar-refractivity contribution is 0.0688. The van der Waals surface area contributed by atoms with Gasteiger partial charge in [-0.05, 0) is 34.1 Å². The zero-order valence-electron chi connectivity index (χ0n) is 9.23. The highest BCUT2D eigenvalue weighted by molar-refractivity contribution is 9.10. The Kier molecular flexibility index (Phi) is 3.75. The number of halogens is 3. The molecular formula is C12H6BrF2NO3. The number of nitrogens with zero attached hydrogens (tertiary/aromatic N) is 1. The average Bonchev–Trinajstić information content (AvgIpc) is 2.32. The fourth-order valence-electron chi connectivity index (χ4n) is 1.38. The van der Waals surface area contributed by atoms with Crippen LogP contribution in [-0.4, -0.2) is 16.1 Å². The number of carboxylic acid groups (broad SMARTS) is 1. The maximum absolute atomic E-state index is 13.5. The summed E-state index contributed by atoms with van der Waals surface area (Å²) in [4.78, 5) is 14.6. The van der Waals surface area contributed by atoms with Gasteiger partial charge in [0, 0.05) is 10.7 Å².